The SMILES string of the molecule is CCC1CCC(C2CCC(C)CC2(F)F)CC1. The highest BCUT2D eigenvalue weighted by Crippen LogP contribution is 2.49. The van der Waals surface area contributed by atoms with Crippen LogP contribution >= 0.6 is 0 Å². The summed E-state index contributed by atoms with van der Waals surface area (Å²) < 4.78 is 28.2. The molecule has 2 aliphatic carbocycles. The molecule has 0 N–H and O–H groups in total. The second-order valence-corrected chi connectivity index (χ2v) is 6.44. The lowest BCUT2D eigenvalue weighted by Gasteiger charge is -2.41. The molecule has 17 heavy (non-hydrogen) atoms. The van der Waals surface area contributed by atoms with Gasteiger partial charge in [-0.05, 0) is 37.0 Å². The van der Waals surface area contributed by atoms with Crippen LogP contribution in [0.1, 0.15) is 65.2 Å². The third-order valence-corrected chi connectivity index (χ3v) is 5.17. The van der Waals surface area contributed by atoms with Crippen LogP contribution in [0.3, 0.4) is 0 Å². The second kappa shape index (κ2) is 5.24. The van der Waals surface area contributed by atoms with Gasteiger partial charge in [0.25, 0.3) is 5.92 Å². The van der Waals surface area contributed by atoms with Gasteiger partial charge < -0.3 is 0 Å². The minimum atomic E-state index is -2.39. The molecule has 0 spiro atoms. The van der Waals surface area contributed by atoms with E-state index in [1.807, 2.05) is 6.92 Å². The van der Waals surface area contributed by atoms with E-state index < -0.39 is 5.92 Å². The lowest BCUT2D eigenvalue weighted by atomic mass is 9.67. The summed E-state index contributed by atoms with van der Waals surface area (Å²) in [6, 6.07) is 0. The average molecular weight is 244 g/mol. The Hall–Kier alpha value is -0.140. The minimum Gasteiger partial charge on any atom is -0.207 e. The number of hydrogen-bond donors (Lipinski definition) is 0. The summed E-state index contributed by atoms with van der Waals surface area (Å²) in [4.78, 5) is 0. The van der Waals surface area contributed by atoms with Crippen LogP contribution in [-0.4, -0.2) is 5.92 Å². The topological polar surface area (TPSA) is 0 Å². The maximum Gasteiger partial charge on any atom is 0.251 e. The molecule has 2 heteroatoms. The zero-order valence-corrected chi connectivity index (χ0v) is 11.2. The van der Waals surface area contributed by atoms with Gasteiger partial charge in [0.05, 0.1) is 0 Å². The normalized spacial score (nSPS) is 42.4. The van der Waals surface area contributed by atoms with Crippen LogP contribution in [0.4, 0.5) is 8.78 Å². The van der Waals surface area contributed by atoms with Gasteiger partial charge in [-0.15, -0.1) is 0 Å². The fourth-order valence-corrected chi connectivity index (χ4v) is 3.97. The van der Waals surface area contributed by atoms with Crippen molar-refractivity contribution in [3.05, 3.63) is 0 Å². The van der Waals surface area contributed by atoms with E-state index in [1.54, 1.807) is 0 Å². The lowest BCUT2D eigenvalue weighted by molar-refractivity contribution is -0.125. The quantitative estimate of drug-likeness (QED) is 0.620. The van der Waals surface area contributed by atoms with Crippen molar-refractivity contribution in [2.75, 3.05) is 0 Å². The maximum absolute atomic E-state index is 14.1. The molecular formula is C15H26F2. The molecule has 0 nitrogen and oxygen atoms in total. The van der Waals surface area contributed by atoms with E-state index in [2.05, 4.69) is 6.92 Å². The van der Waals surface area contributed by atoms with Gasteiger partial charge in [0, 0.05) is 12.3 Å². The molecular weight excluding hydrogens is 218 g/mol. The van der Waals surface area contributed by atoms with Crippen molar-refractivity contribution in [2.45, 2.75) is 71.1 Å². The van der Waals surface area contributed by atoms with Crippen LogP contribution < -0.4 is 0 Å². The Labute approximate surface area is 104 Å². The van der Waals surface area contributed by atoms with Gasteiger partial charge in [0.1, 0.15) is 0 Å². The van der Waals surface area contributed by atoms with Crippen LogP contribution in [0, 0.1) is 23.7 Å². The predicted molar refractivity (Wildman–Crippen MR) is 67.2 cm³/mol. The van der Waals surface area contributed by atoms with E-state index in [1.165, 1.54) is 19.3 Å². The van der Waals surface area contributed by atoms with E-state index in [9.17, 15) is 8.78 Å². The highest BCUT2D eigenvalue weighted by molar-refractivity contribution is 4.90. The van der Waals surface area contributed by atoms with E-state index in [0.717, 1.165) is 31.6 Å². The molecule has 100 valence electrons. The Kier molecular flexibility index (Phi) is 4.10. The molecule has 0 aromatic heterocycles. The molecule has 2 rings (SSSR count). The molecule has 2 fully saturated rings. The predicted octanol–water partition coefficient (Wildman–Crippen LogP) is 5.27. The Morgan fingerprint density at radius 3 is 2.18 bits per heavy atom. The molecule has 2 atom stereocenters. The number of halogens is 2. The molecule has 2 aliphatic rings. The van der Waals surface area contributed by atoms with Crippen molar-refractivity contribution >= 4 is 0 Å². The summed E-state index contributed by atoms with van der Waals surface area (Å²) in [5, 5.41) is 0. The molecule has 2 saturated carbocycles. The van der Waals surface area contributed by atoms with Gasteiger partial charge in [-0.3, -0.25) is 0 Å². The summed E-state index contributed by atoms with van der Waals surface area (Å²) in [6.45, 7) is 4.19. The van der Waals surface area contributed by atoms with Crippen LogP contribution in [-0.2, 0) is 0 Å². The van der Waals surface area contributed by atoms with E-state index in [0.29, 0.717) is 5.92 Å². The summed E-state index contributed by atoms with van der Waals surface area (Å²) in [5.74, 6) is -1.37. The largest absolute Gasteiger partial charge is 0.251 e. The van der Waals surface area contributed by atoms with E-state index in [-0.39, 0.29) is 18.3 Å². The molecule has 0 aromatic carbocycles. The zero-order valence-electron chi connectivity index (χ0n) is 11.2. The third-order valence-electron chi connectivity index (χ3n) is 5.17. The van der Waals surface area contributed by atoms with Crippen molar-refractivity contribution in [1.82, 2.24) is 0 Å². The van der Waals surface area contributed by atoms with Crippen LogP contribution in [0.5, 0.6) is 0 Å². The van der Waals surface area contributed by atoms with Crippen LogP contribution in [0.25, 0.3) is 0 Å². The van der Waals surface area contributed by atoms with Gasteiger partial charge in [-0.1, -0.05) is 39.5 Å². The van der Waals surface area contributed by atoms with Crippen LogP contribution in [0.2, 0.25) is 0 Å². The third kappa shape index (κ3) is 3.00. The van der Waals surface area contributed by atoms with E-state index in [4.69, 9.17) is 0 Å². The fraction of sp³-hybridized carbons (Fsp3) is 1.00. The van der Waals surface area contributed by atoms with Gasteiger partial charge >= 0.3 is 0 Å². The zero-order chi connectivity index (χ0) is 12.5. The maximum atomic E-state index is 14.1. The van der Waals surface area contributed by atoms with E-state index >= 15 is 0 Å². The Morgan fingerprint density at radius 1 is 1.00 bits per heavy atom. The second-order valence-electron chi connectivity index (χ2n) is 6.44. The first kappa shape index (κ1) is 13.3. The molecule has 0 aliphatic heterocycles. The first-order valence-electron chi connectivity index (χ1n) is 7.40. The molecule has 0 bridgehead atoms. The molecule has 2 unspecified atom stereocenters. The number of hydrogen-bond acceptors (Lipinski definition) is 0. The highest BCUT2D eigenvalue weighted by atomic mass is 19.3. The molecule has 0 saturated heterocycles. The minimum absolute atomic E-state index is 0.130. The Bertz CT molecular complexity index is 241. The van der Waals surface area contributed by atoms with Crippen LogP contribution in [0.15, 0.2) is 0 Å². The fourth-order valence-electron chi connectivity index (χ4n) is 3.97. The lowest BCUT2D eigenvalue weighted by Crippen LogP contribution is -2.40. The van der Waals surface area contributed by atoms with Gasteiger partial charge in [-0.25, -0.2) is 8.78 Å². The first-order valence-corrected chi connectivity index (χ1v) is 7.40. The van der Waals surface area contributed by atoms with Crippen molar-refractivity contribution in [2.24, 2.45) is 23.7 Å². The standard InChI is InChI=1S/C15H26F2/c1-3-12-5-7-13(8-6-12)14-9-4-11(2)10-15(14,16)17/h11-14H,3-10H2,1-2H3. The average Bonchev–Trinajstić information content (AvgIpc) is 2.28. The molecule has 0 radical (unpaired) electrons. The Morgan fingerprint density at radius 2 is 1.65 bits per heavy atom. The van der Waals surface area contributed by atoms with Gasteiger partial charge in [0.2, 0.25) is 0 Å². The summed E-state index contributed by atoms with van der Waals surface area (Å²) in [5.41, 5.74) is 0. The van der Waals surface area contributed by atoms with Gasteiger partial charge in [0.15, 0.2) is 0 Å². The summed E-state index contributed by atoms with van der Waals surface area (Å²) in [7, 11) is 0. The monoisotopic (exact) mass is 244 g/mol. The molecule has 0 aromatic rings. The number of alkyl halides is 2. The highest BCUT2D eigenvalue weighted by Gasteiger charge is 2.47. The van der Waals surface area contributed by atoms with Crippen molar-refractivity contribution in [3.63, 3.8) is 0 Å². The first-order chi connectivity index (χ1) is 8.03. The molecule has 0 heterocycles. The Balaban J connectivity index is 1.93. The smallest absolute Gasteiger partial charge is 0.207 e. The molecule has 0 amide bonds. The summed E-state index contributed by atoms with van der Waals surface area (Å²) >= 11 is 0. The van der Waals surface area contributed by atoms with Gasteiger partial charge in [-0.2, -0.15) is 0 Å². The van der Waals surface area contributed by atoms with Crippen molar-refractivity contribution in [1.29, 1.82) is 0 Å². The number of rotatable bonds is 2. The van der Waals surface area contributed by atoms with Crippen molar-refractivity contribution in [3.8, 4) is 0 Å². The van der Waals surface area contributed by atoms with Crippen molar-refractivity contribution < 1.29 is 8.78 Å². The summed E-state index contributed by atoms with van der Waals surface area (Å²) in [6.07, 6.45) is 7.59.